The standard InChI is InChI=1S/C28H34N8O3S/c1-17(2)20-5-6-23(35-14-19(26(35)29)16-40(4,37)38)22-13-31-25(11-21(20)22)33-24-7-10-30-27(34-24)18-12-32-36(15-18)28(39-3)8-9-28/h5-7,10-13,15,17,19,26H,8-9,14,16,29H2,1-4H3,(H,30,31,33,34)/t19-,26+/m1/s1. The van der Waals surface area contributed by atoms with Crippen molar-refractivity contribution in [1.82, 2.24) is 24.7 Å². The molecule has 0 amide bonds. The predicted octanol–water partition coefficient (Wildman–Crippen LogP) is 3.61. The Balaban J connectivity index is 1.28. The van der Waals surface area contributed by atoms with E-state index in [0.29, 0.717) is 29.9 Å². The van der Waals surface area contributed by atoms with E-state index >= 15 is 0 Å². The quantitative estimate of drug-likeness (QED) is 0.311. The number of rotatable bonds is 9. The first kappa shape index (κ1) is 26.6. The summed E-state index contributed by atoms with van der Waals surface area (Å²) in [5.41, 5.74) is 9.04. The summed E-state index contributed by atoms with van der Waals surface area (Å²) in [5.74, 6) is 2.13. The second-order valence-corrected chi connectivity index (χ2v) is 13.3. The fourth-order valence-electron chi connectivity index (χ4n) is 5.46. The SMILES string of the molecule is COC1(n2cc(-c3nccc(Nc4cc5c(C(C)C)ccc(N6C[C@H](CS(C)(=O)=O)[C@H]6N)c5cn4)n3)cn2)CC1. The van der Waals surface area contributed by atoms with Gasteiger partial charge in [-0.2, -0.15) is 5.10 Å². The summed E-state index contributed by atoms with van der Waals surface area (Å²) in [6.45, 7) is 4.91. The first-order valence-corrected chi connectivity index (χ1v) is 15.5. The molecule has 0 bridgehead atoms. The summed E-state index contributed by atoms with van der Waals surface area (Å²) in [5, 5.41) is 9.84. The van der Waals surface area contributed by atoms with Crippen molar-refractivity contribution >= 4 is 37.9 Å². The lowest BCUT2D eigenvalue weighted by molar-refractivity contribution is 0.00601. The largest absolute Gasteiger partial charge is 0.357 e. The molecule has 11 nitrogen and oxygen atoms in total. The van der Waals surface area contributed by atoms with Crippen molar-refractivity contribution in [3.05, 3.63) is 54.6 Å². The normalized spacial score (nSPS) is 20.1. The Labute approximate surface area is 233 Å². The number of benzene rings is 1. The molecule has 0 unspecified atom stereocenters. The van der Waals surface area contributed by atoms with E-state index in [4.69, 9.17) is 20.4 Å². The Morgan fingerprint density at radius 2 is 1.95 bits per heavy atom. The molecular weight excluding hydrogens is 528 g/mol. The van der Waals surface area contributed by atoms with Gasteiger partial charge in [-0.15, -0.1) is 0 Å². The molecule has 6 rings (SSSR count). The topological polar surface area (TPSA) is 141 Å². The van der Waals surface area contributed by atoms with Gasteiger partial charge in [0.15, 0.2) is 11.5 Å². The molecule has 3 aromatic heterocycles. The van der Waals surface area contributed by atoms with Crippen LogP contribution in [0.4, 0.5) is 17.3 Å². The smallest absolute Gasteiger partial charge is 0.164 e. The Bertz CT molecular complexity index is 1680. The highest BCUT2D eigenvalue weighted by molar-refractivity contribution is 7.90. The highest BCUT2D eigenvalue weighted by Crippen LogP contribution is 2.44. The van der Waals surface area contributed by atoms with Crippen LogP contribution in [0.5, 0.6) is 0 Å². The molecule has 40 heavy (non-hydrogen) atoms. The number of hydrogen-bond donors (Lipinski definition) is 2. The number of hydrogen-bond acceptors (Lipinski definition) is 10. The highest BCUT2D eigenvalue weighted by Gasteiger charge is 2.46. The van der Waals surface area contributed by atoms with E-state index in [2.05, 4.69) is 46.3 Å². The summed E-state index contributed by atoms with van der Waals surface area (Å²) in [4.78, 5) is 15.9. The maximum absolute atomic E-state index is 11.8. The number of fused-ring (bicyclic) bond motifs is 1. The minimum atomic E-state index is -3.09. The Hall–Kier alpha value is -3.61. The van der Waals surface area contributed by atoms with E-state index in [1.54, 1.807) is 25.6 Å². The average Bonchev–Trinajstić information content (AvgIpc) is 3.56. The maximum Gasteiger partial charge on any atom is 0.164 e. The zero-order chi connectivity index (χ0) is 28.2. The zero-order valence-corrected chi connectivity index (χ0v) is 23.9. The lowest BCUT2D eigenvalue weighted by Gasteiger charge is -2.47. The molecule has 4 aromatic rings. The number of nitrogens with two attached hydrogens (primary N) is 1. The van der Waals surface area contributed by atoms with Gasteiger partial charge in [0.2, 0.25) is 0 Å². The molecule has 1 aromatic carbocycles. The van der Waals surface area contributed by atoms with Crippen LogP contribution >= 0.6 is 0 Å². The molecule has 0 spiro atoms. The van der Waals surface area contributed by atoms with Crippen LogP contribution in [0.3, 0.4) is 0 Å². The molecule has 210 valence electrons. The van der Waals surface area contributed by atoms with E-state index in [1.807, 2.05) is 23.1 Å². The Morgan fingerprint density at radius 1 is 1.15 bits per heavy atom. The van der Waals surface area contributed by atoms with E-state index in [1.165, 1.54) is 11.8 Å². The summed E-state index contributed by atoms with van der Waals surface area (Å²) in [6.07, 6.45) is 10.0. The van der Waals surface area contributed by atoms with Gasteiger partial charge in [-0.05, 0) is 35.1 Å². The molecule has 2 fully saturated rings. The van der Waals surface area contributed by atoms with Crippen molar-refractivity contribution in [2.45, 2.75) is 44.5 Å². The molecule has 2 aliphatic rings. The van der Waals surface area contributed by atoms with Crippen molar-refractivity contribution in [1.29, 1.82) is 0 Å². The molecular formula is C28H34N8O3S. The van der Waals surface area contributed by atoms with E-state index in [9.17, 15) is 8.42 Å². The minimum absolute atomic E-state index is 0.0906. The highest BCUT2D eigenvalue weighted by atomic mass is 32.2. The third-order valence-corrected chi connectivity index (χ3v) is 8.90. The summed E-state index contributed by atoms with van der Waals surface area (Å²) >= 11 is 0. The van der Waals surface area contributed by atoms with E-state index in [-0.39, 0.29) is 23.6 Å². The number of anilines is 3. The van der Waals surface area contributed by atoms with Gasteiger partial charge in [0.1, 0.15) is 21.5 Å². The number of methoxy groups -OCH3 is 1. The molecule has 1 aliphatic heterocycles. The van der Waals surface area contributed by atoms with Gasteiger partial charge < -0.3 is 20.7 Å². The van der Waals surface area contributed by atoms with Crippen LogP contribution in [0, 0.1) is 5.92 Å². The van der Waals surface area contributed by atoms with Crippen molar-refractivity contribution in [3.63, 3.8) is 0 Å². The second-order valence-electron chi connectivity index (χ2n) is 11.2. The van der Waals surface area contributed by atoms with Gasteiger partial charge in [0.05, 0.1) is 23.7 Å². The van der Waals surface area contributed by atoms with Crippen molar-refractivity contribution in [2.24, 2.45) is 11.7 Å². The van der Waals surface area contributed by atoms with Gasteiger partial charge in [0, 0.05) is 68.3 Å². The number of pyridine rings is 1. The molecule has 0 radical (unpaired) electrons. The van der Waals surface area contributed by atoms with Crippen molar-refractivity contribution in [2.75, 3.05) is 35.9 Å². The first-order chi connectivity index (χ1) is 19.1. The monoisotopic (exact) mass is 562 g/mol. The number of sulfone groups is 1. The fraction of sp³-hybridized carbons (Fsp3) is 0.429. The van der Waals surface area contributed by atoms with Crippen LogP contribution in [0.2, 0.25) is 0 Å². The predicted molar refractivity (Wildman–Crippen MR) is 155 cm³/mol. The van der Waals surface area contributed by atoms with Crippen LogP contribution in [0.1, 0.15) is 38.2 Å². The molecule has 3 N–H and O–H groups in total. The van der Waals surface area contributed by atoms with Crippen LogP contribution in [0.25, 0.3) is 22.2 Å². The zero-order valence-electron chi connectivity index (χ0n) is 23.1. The van der Waals surface area contributed by atoms with Crippen LogP contribution in [0.15, 0.2) is 49.1 Å². The number of ether oxygens (including phenoxy) is 1. The fourth-order valence-corrected chi connectivity index (χ4v) is 6.54. The summed E-state index contributed by atoms with van der Waals surface area (Å²) in [6, 6.07) is 8.02. The summed E-state index contributed by atoms with van der Waals surface area (Å²) in [7, 11) is -1.39. The molecule has 12 heteroatoms. The molecule has 4 heterocycles. The minimum Gasteiger partial charge on any atom is -0.357 e. The Kier molecular flexibility index (Phi) is 6.51. The van der Waals surface area contributed by atoms with E-state index < -0.39 is 9.84 Å². The van der Waals surface area contributed by atoms with Crippen LogP contribution in [-0.2, 0) is 20.3 Å². The van der Waals surface area contributed by atoms with Crippen LogP contribution < -0.4 is 16.0 Å². The van der Waals surface area contributed by atoms with E-state index in [0.717, 1.165) is 34.9 Å². The molecule has 1 saturated carbocycles. The van der Waals surface area contributed by atoms with Crippen molar-refractivity contribution in [3.8, 4) is 11.4 Å². The third-order valence-electron chi connectivity index (χ3n) is 7.86. The van der Waals surface area contributed by atoms with Gasteiger partial charge in [0.25, 0.3) is 0 Å². The lowest BCUT2D eigenvalue weighted by atomic mass is 9.92. The summed E-state index contributed by atoms with van der Waals surface area (Å²) < 4.78 is 31.0. The number of aromatic nitrogens is 5. The van der Waals surface area contributed by atoms with Gasteiger partial charge in [-0.25, -0.2) is 28.1 Å². The van der Waals surface area contributed by atoms with Crippen molar-refractivity contribution < 1.29 is 13.2 Å². The van der Waals surface area contributed by atoms with Gasteiger partial charge in [-0.1, -0.05) is 19.9 Å². The molecule has 1 aliphatic carbocycles. The number of nitrogens with zero attached hydrogens (tertiary/aromatic N) is 6. The van der Waals surface area contributed by atoms with Gasteiger partial charge in [-0.3, -0.25) is 0 Å². The first-order valence-electron chi connectivity index (χ1n) is 13.4. The average molecular weight is 563 g/mol. The second kappa shape index (κ2) is 9.79. The maximum atomic E-state index is 11.8. The molecule has 2 atom stereocenters. The Morgan fingerprint density at radius 3 is 2.62 bits per heavy atom. The lowest BCUT2D eigenvalue weighted by Crippen LogP contribution is -2.63. The number of nitrogens with one attached hydrogen (secondary N) is 1. The third kappa shape index (κ3) is 4.91. The molecule has 1 saturated heterocycles. The van der Waals surface area contributed by atoms with Gasteiger partial charge >= 0.3 is 0 Å². The van der Waals surface area contributed by atoms with Crippen LogP contribution in [-0.4, -0.2) is 65.0 Å².